The fraction of sp³-hybridized carbons (Fsp3) is 0.211. The Morgan fingerprint density at radius 1 is 1.42 bits per heavy atom. The van der Waals surface area contributed by atoms with Crippen LogP contribution in [0.1, 0.15) is 18.1 Å². The lowest BCUT2D eigenvalue weighted by molar-refractivity contribution is 0.378. The summed E-state index contributed by atoms with van der Waals surface area (Å²) in [5.41, 5.74) is 8.90. The molecule has 7 heteroatoms. The first-order chi connectivity index (χ1) is 12.4. The number of ether oxygens (including phenoxy) is 2. The molecule has 0 radical (unpaired) electrons. The average molecular weight is 352 g/mol. The number of nitriles is 1. The molecule has 1 unspecified atom stereocenters. The lowest BCUT2D eigenvalue weighted by atomic mass is 10.0. The van der Waals surface area contributed by atoms with Crippen LogP contribution in [0.15, 0.2) is 47.8 Å². The summed E-state index contributed by atoms with van der Waals surface area (Å²) in [4.78, 5) is 8.59. The molecule has 0 bridgehead atoms. The van der Waals surface area contributed by atoms with Gasteiger partial charge in [-0.1, -0.05) is 12.6 Å². The van der Waals surface area contributed by atoms with Crippen LogP contribution in [0, 0.1) is 18.4 Å². The first kappa shape index (κ1) is 18.8. The number of nitrogens with two attached hydrogens (primary N) is 1. The van der Waals surface area contributed by atoms with Gasteiger partial charge in [0.1, 0.15) is 17.6 Å². The van der Waals surface area contributed by atoms with E-state index in [-0.39, 0.29) is 17.3 Å². The molecule has 0 saturated heterocycles. The van der Waals surface area contributed by atoms with Gasteiger partial charge in [0.05, 0.1) is 18.4 Å². The molecule has 1 aromatic heterocycles. The van der Waals surface area contributed by atoms with Crippen molar-refractivity contribution in [3.05, 3.63) is 53.9 Å². The van der Waals surface area contributed by atoms with E-state index < -0.39 is 6.04 Å². The van der Waals surface area contributed by atoms with Crippen molar-refractivity contribution in [2.75, 3.05) is 7.11 Å². The highest BCUT2D eigenvalue weighted by Crippen LogP contribution is 2.36. The fourth-order valence-corrected chi connectivity index (χ4v) is 2.23. The second-order valence-electron chi connectivity index (χ2n) is 5.65. The zero-order valence-electron chi connectivity index (χ0n) is 14.9. The topological polar surface area (TPSA) is 114 Å². The van der Waals surface area contributed by atoms with Crippen molar-refractivity contribution in [1.82, 2.24) is 4.98 Å². The van der Waals surface area contributed by atoms with E-state index in [0.29, 0.717) is 17.0 Å². The summed E-state index contributed by atoms with van der Waals surface area (Å²) in [6.07, 6.45) is 3.37. The molecule has 1 atom stereocenters. The molecule has 7 nitrogen and oxygen atoms in total. The van der Waals surface area contributed by atoms with Gasteiger partial charge < -0.3 is 20.3 Å². The molecule has 0 saturated carbocycles. The van der Waals surface area contributed by atoms with Crippen molar-refractivity contribution in [3.8, 4) is 29.0 Å². The van der Waals surface area contributed by atoms with E-state index in [1.807, 2.05) is 19.1 Å². The number of hydrogen-bond acceptors (Lipinski definition) is 6. The monoisotopic (exact) mass is 352 g/mol. The number of amidine groups is 1. The molecule has 0 aliphatic heterocycles. The van der Waals surface area contributed by atoms with Gasteiger partial charge in [-0.2, -0.15) is 0 Å². The number of methoxy groups -OCH3 is 1. The minimum atomic E-state index is -0.614. The number of aryl methyl sites for hydroxylation is 1. The predicted molar refractivity (Wildman–Crippen MR) is 99.2 cm³/mol. The van der Waals surface area contributed by atoms with Gasteiger partial charge in [0.15, 0.2) is 11.5 Å². The molecule has 134 valence electrons. The van der Waals surface area contributed by atoms with E-state index in [4.69, 9.17) is 20.5 Å². The number of hydrogen-bond donors (Lipinski definition) is 2. The number of aliphatic imine (C=N–C) groups is 1. The van der Waals surface area contributed by atoms with Crippen LogP contribution in [0.2, 0.25) is 0 Å². The van der Waals surface area contributed by atoms with Crippen LogP contribution in [0.25, 0.3) is 11.3 Å². The first-order valence-corrected chi connectivity index (χ1v) is 7.79. The minimum Gasteiger partial charge on any atom is -0.511 e. The summed E-state index contributed by atoms with van der Waals surface area (Å²) in [5.74, 6) is 0.405. The molecule has 0 aliphatic carbocycles. The van der Waals surface area contributed by atoms with E-state index in [1.165, 1.54) is 7.11 Å². The third-order valence-electron chi connectivity index (χ3n) is 3.72. The molecule has 26 heavy (non-hydrogen) atoms. The lowest BCUT2D eigenvalue weighted by Gasteiger charge is -2.14. The third-order valence-corrected chi connectivity index (χ3v) is 3.72. The molecule has 3 N–H and O–H groups in total. The molecule has 0 amide bonds. The van der Waals surface area contributed by atoms with Crippen LogP contribution in [0.3, 0.4) is 0 Å². The van der Waals surface area contributed by atoms with Crippen molar-refractivity contribution in [1.29, 1.82) is 5.26 Å². The van der Waals surface area contributed by atoms with Crippen LogP contribution in [0.4, 0.5) is 0 Å². The standard InChI is InChI=1S/C19H20N4O3/c1-11-5-6-16(22-9-11)14-7-15(19(21)23-12(2)13(3)24)18(26-10-20)17(8-14)25-4/h5-9,12,24H,3H2,1-2,4H3,(H2,21,23). The van der Waals surface area contributed by atoms with Gasteiger partial charge in [0, 0.05) is 11.8 Å². The van der Waals surface area contributed by atoms with Gasteiger partial charge in [-0.3, -0.25) is 9.98 Å². The largest absolute Gasteiger partial charge is 0.511 e. The third kappa shape index (κ3) is 4.11. The van der Waals surface area contributed by atoms with E-state index >= 15 is 0 Å². The quantitative estimate of drug-likeness (QED) is 0.357. The molecule has 1 aromatic carbocycles. The number of nitrogens with zero attached hydrogens (tertiary/aromatic N) is 3. The maximum Gasteiger partial charge on any atom is 0.292 e. The molecular weight excluding hydrogens is 332 g/mol. The van der Waals surface area contributed by atoms with Crippen molar-refractivity contribution in [2.24, 2.45) is 10.7 Å². The summed E-state index contributed by atoms with van der Waals surface area (Å²) < 4.78 is 10.4. The first-order valence-electron chi connectivity index (χ1n) is 7.79. The van der Waals surface area contributed by atoms with Crippen molar-refractivity contribution < 1.29 is 14.6 Å². The van der Waals surface area contributed by atoms with Crippen LogP contribution in [-0.4, -0.2) is 29.1 Å². The van der Waals surface area contributed by atoms with E-state index in [9.17, 15) is 5.11 Å². The highest BCUT2D eigenvalue weighted by molar-refractivity contribution is 6.02. The Hall–Kier alpha value is -3.53. The lowest BCUT2D eigenvalue weighted by Crippen LogP contribution is -2.19. The highest BCUT2D eigenvalue weighted by atomic mass is 16.5. The summed E-state index contributed by atoms with van der Waals surface area (Å²) in [6.45, 7) is 7.03. The Balaban J connectivity index is 2.66. The van der Waals surface area contributed by atoms with Crippen molar-refractivity contribution in [2.45, 2.75) is 19.9 Å². The summed E-state index contributed by atoms with van der Waals surface area (Å²) in [6, 6.07) is 6.60. The van der Waals surface area contributed by atoms with Gasteiger partial charge >= 0.3 is 0 Å². The Labute approximate surface area is 152 Å². The van der Waals surface area contributed by atoms with E-state index in [0.717, 1.165) is 11.1 Å². The average Bonchev–Trinajstić information content (AvgIpc) is 2.62. The molecule has 0 fully saturated rings. The van der Waals surface area contributed by atoms with Gasteiger partial charge in [0.25, 0.3) is 6.26 Å². The second-order valence-corrected chi connectivity index (χ2v) is 5.65. The van der Waals surface area contributed by atoms with Crippen molar-refractivity contribution in [3.63, 3.8) is 0 Å². The molecule has 2 aromatic rings. The normalized spacial score (nSPS) is 12.2. The smallest absolute Gasteiger partial charge is 0.292 e. The molecule has 0 spiro atoms. The second kappa shape index (κ2) is 8.03. The Morgan fingerprint density at radius 3 is 2.69 bits per heavy atom. The number of benzene rings is 1. The number of pyridine rings is 1. The van der Waals surface area contributed by atoms with Gasteiger partial charge in [-0.05, 0) is 37.6 Å². The maximum absolute atomic E-state index is 9.47. The highest BCUT2D eigenvalue weighted by Gasteiger charge is 2.19. The Bertz CT molecular complexity index is 883. The number of rotatable bonds is 6. The van der Waals surface area contributed by atoms with E-state index in [2.05, 4.69) is 16.6 Å². The van der Waals surface area contributed by atoms with Crippen LogP contribution >= 0.6 is 0 Å². The van der Waals surface area contributed by atoms with Crippen LogP contribution in [-0.2, 0) is 0 Å². The number of aliphatic hydroxyl groups excluding tert-OH is 1. The number of aliphatic hydroxyl groups is 1. The van der Waals surface area contributed by atoms with Gasteiger partial charge in [0.2, 0.25) is 0 Å². The van der Waals surface area contributed by atoms with Gasteiger partial charge in [-0.15, -0.1) is 5.26 Å². The Kier molecular flexibility index (Phi) is 5.81. The molecular formula is C19H20N4O3. The number of aromatic nitrogens is 1. The molecule has 2 rings (SSSR count). The van der Waals surface area contributed by atoms with Crippen LogP contribution < -0.4 is 15.2 Å². The molecule has 1 heterocycles. The fourth-order valence-electron chi connectivity index (χ4n) is 2.23. The minimum absolute atomic E-state index is 0.0743. The predicted octanol–water partition coefficient (Wildman–Crippen LogP) is 3.09. The van der Waals surface area contributed by atoms with E-state index in [1.54, 1.807) is 31.5 Å². The zero-order valence-corrected chi connectivity index (χ0v) is 14.9. The maximum atomic E-state index is 9.47. The van der Waals surface area contributed by atoms with Crippen LogP contribution in [0.5, 0.6) is 11.5 Å². The molecule has 0 aliphatic rings. The summed E-state index contributed by atoms with van der Waals surface area (Å²) >= 11 is 0. The summed E-state index contributed by atoms with van der Waals surface area (Å²) in [5, 5.41) is 18.4. The Morgan fingerprint density at radius 2 is 2.15 bits per heavy atom. The zero-order chi connectivity index (χ0) is 19.3. The van der Waals surface area contributed by atoms with Crippen molar-refractivity contribution >= 4 is 5.84 Å². The summed E-state index contributed by atoms with van der Waals surface area (Å²) in [7, 11) is 1.46. The SMILES string of the molecule is C=C(O)C(C)N=C(N)c1cc(-c2ccc(C)cn2)cc(OC)c1OC#N. The van der Waals surface area contributed by atoms with Gasteiger partial charge in [-0.25, -0.2) is 0 Å².